The summed E-state index contributed by atoms with van der Waals surface area (Å²) in [4.78, 5) is 11.6. The molecule has 0 bridgehead atoms. The second kappa shape index (κ2) is 29.4. The lowest BCUT2D eigenvalue weighted by Crippen LogP contribution is -2.45. The Hall–Kier alpha value is -1.13. The summed E-state index contributed by atoms with van der Waals surface area (Å²) in [5, 5.41) is 22.2. The van der Waals surface area contributed by atoms with Crippen molar-refractivity contribution in [3.8, 4) is 0 Å². The first-order valence-electron chi connectivity index (χ1n) is 16.1. The molecule has 0 aromatic rings. The summed E-state index contributed by atoms with van der Waals surface area (Å²) < 4.78 is 0. The van der Waals surface area contributed by atoms with Gasteiger partial charge in [-0.3, -0.25) is 4.79 Å². The van der Waals surface area contributed by atoms with Crippen LogP contribution in [0.4, 0.5) is 0 Å². The fourth-order valence-electron chi connectivity index (χ4n) is 4.71. The van der Waals surface area contributed by atoms with Gasteiger partial charge >= 0.3 is 0 Å². The number of aliphatic hydroxyl groups excluding tert-OH is 2. The van der Waals surface area contributed by atoms with Crippen molar-refractivity contribution in [3.63, 3.8) is 0 Å². The van der Waals surface area contributed by atoms with Gasteiger partial charge in [-0.1, -0.05) is 147 Å². The lowest BCUT2D eigenvalue weighted by molar-refractivity contribution is -0.122. The number of allylic oxidation sites excluding steroid dienone is 3. The van der Waals surface area contributed by atoms with Crippen LogP contribution >= 0.6 is 0 Å². The lowest BCUT2D eigenvalue weighted by atomic mass is 10.0. The minimum Gasteiger partial charge on any atom is -0.394 e. The quantitative estimate of drug-likeness (QED) is 0.0711. The molecule has 3 N–H and O–H groups in total. The molecular formula is C33H63NO3. The SMILES string of the molecule is CCCCCCCCCCCCCCCCCCCC/C=C/CC/C=C/C(O)C(CO)NC(=O)CCC. The maximum absolute atomic E-state index is 11.6. The van der Waals surface area contributed by atoms with Gasteiger partial charge in [-0.2, -0.15) is 0 Å². The molecule has 0 spiro atoms. The van der Waals surface area contributed by atoms with Crippen molar-refractivity contribution in [2.75, 3.05) is 6.61 Å². The zero-order valence-corrected chi connectivity index (χ0v) is 24.7. The third kappa shape index (κ3) is 26.3. The molecule has 0 saturated heterocycles. The lowest BCUT2D eigenvalue weighted by Gasteiger charge is -2.19. The van der Waals surface area contributed by atoms with Gasteiger partial charge in [0.15, 0.2) is 0 Å². The highest BCUT2D eigenvalue weighted by atomic mass is 16.3. The number of hydrogen-bond donors (Lipinski definition) is 3. The Kier molecular flexibility index (Phi) is 28.5. The Morgan fingerprint density at radius 3 is 1.51 bits per heavy atom. The van der Waals surface area contributed by atoms with Gasteiger partial charge in [-0.15, -0.1) is 0 Å². The van der Waals surface area contributed by atoms with Gasteiger partial charge in [0.05, 0.1) is 18.8 Å². The van der Waals surface area contributed by atoms with Gasteiger partial charge in [0.25, 0.3) is 0 Å². The molecule has 37 heavy (non-hydrogen) atoms. The van der Waals surface area contributed by atoms with Crippen LogP contribution in [0.25, 0.3) is 0 Å². The Morgan fingerprint density at radius 2 is 1.05 bits per heavy atom. The number of nitrogens with one attached hydrogen (secondary N) is 1. The molecule has 2 unspecified atom stereocenters. The third-order valence-electron chi connectivity index (χ3n) is 7.16. The van der Waals surface area contributed by atoms with Crippen LogP contribution in [0.5, 0.6) is 0 Å². The van der Waals surface area contributed by atoms with E-state index in [2.05, 4.69) is 24.4 Å². The van der Waals surface area contributed by atoms with E-state index in [1.165, 1.54) is 116 Å². The number of rotatable bonds is 28. The molecular weight excluding hydrogens is 458 g/mol. The van der Waals surface area contributed by atoms with Gasteiger partial charge in [-0.25, -0.2) is 0 Å². The molecule has 2 atom stereocenters. The minimum atomic E-state index is -0.852. The van der Waals surface area contributed by atoms with Crippen molar-refractivity contribution in [1.82, 2.24) is 5.32 Å². The fourth-order valence-corrected chi connectivity index (χ4v) is 4.71. The molecule has 0 rings (SSSR count). The van der Waals surface area contributed by atoms with E-state index in [1.807, 2.05) is 13.0 Å². The smallest absolute Gasteiger partial charge is 0.220 e. The first-order chi connectivity index (χ1) is 18.2. The minimum absolute atomic E-state index is 0.128. The zero-order chi connectivity index (χ0) is 27.2. The topological polar surface area (TPSA) is 69.6 Å². The fraction of sp³-hybridized carbons (Fsp3) is 0.848. The zero-order valence-electron chi connectivity index (χ0n) is 24.7. The summed E-state index contributed by atoms with van der Waals surface area (Å²) in [5.41, 5.74) is 0. The average Bonchev–Trinajstić information content (AvgIpc) is 2.89. The van der Waals surface area contributed by atoms with Crippen molar-refractivity contribution in [3.05, 3.63) is 24.3 Å². The van der Waals surface area contributed by atoms with E-state index in [0.717, 1.165) is 25.7 Å². The van der Waals surface area contributed by atoms with E-state index in [-0.39, 0.29) is 12.5 Å². The van der Waals surface area contributed by atoms with Gasteiger partial charge < -0.3 is 15.5 Å². The van der Waals surface area contributed by atoms with Crippen LogP contribution in [0, 0.1) is 0 Å². The van der Waals surface area contributed by atoms with E-state index >= 15 is 0 Å². The van der Waals surface area contributed by atoms with E-state index in [1.54, 1.807) is 6.08 Å². The molecule has 218 valence electrons. The van der Waals surface area contributed by atoms with Crippen molar-refractivity contribution < 1.29 is 15.0 Å². The van der Waals surface area contributed by atoms with Gasteiger partial charge in [0, 0.05) is 6.42 Å². The Labute approximate surface area is 230 Å². The maximum Gasteiger partial charge on any atom is 0.220 e. The molecule has 0 fully saturated rings. The number of carbonyl (C=O) groups is 1. The first-order valence-corrected chi connectivity index (χ1v) is 16.1. The van der Waals surface area contributed by atoms with E-state index in [0.29, 0.717) is 6.42 Å². The summed E-state index contributed by atoms with van der Waals surface area (Å²) in [5.74, 6) is -0.128. The number of unbranched alkanes of at least 4 members (excludes halogenated alkanes) is 19. The van der Waals surface area contributed by atoms with E-state index < -0.39 is 12.1 Å². The highest BCUT2D eigenvalue weighted by Gasteiger charge is 2.17. The van der Waals surface area contributed by atoms with Crippen molar-refractivity contribution in [2.24, 2.45) is 0 Å². The number of amides is 1. The molecule has 1 amide bonds. The molecule has 0 aromatic carbocycles. The van der Waals surface area contributed by atoms with Gasteiger partial charge in [-0.05, 0) is 32.1 Å². The molecule has 4 heteroatoms. The molecule has 0 aliphatic carbocycles. The monoisotopic (exact) mass is 521 g/mol. The predicted octanol–water partition coefficient (Wildman–Crippen LogP) is 8.95. The Morgan fingerprint density at radius 1 is 0.622 bits per heavy atom. The van der Waals surface area contributed by atoms with Crippen molar-refractivity contribution in [1.29, 1.82) is 0 Å². The van der Waals surface area contributed by atoms with Crippen LogP contribution in [0.1, 0.15) is 162 Å². The van der Waals surface area contributed by atoms with Gasteiger partial charge in [0.1, 0.15) is 0 Å². The van der Waals surface area contributed by atoms with Crippen LogP contribution in [-0.4, -0.2) is 34.9 Å². The van der Waals surface area contributed by atoms with Crippen LogP contribution in [0.2, 0.25) is 0 Å². The van der Waals surface area contributed by atoms with Crippen LogP contribution in [0.15, 0.2) is 24.3 Å². The number of carbonyl (C=O) groups excluding carboxylic acids is 1. The largest absolute Gasteiger partial charge is 0.394 e. The van der Waals surface area contributed by atoms with Crippen LogP contribution in [-0.2, 0) is 4.79 Å². The van der Waals surface area contributed by atoms with Crippen molar-refractivity contribution in [2.45, 2.75) is 174 Å². The highest BCUT2D eigenvalue weighted by Crippen LogP contribution is 2.14. The Bertz CT molecular complexity index is 532. The molecule has 0 aliphatic rings. The number of aliphatic hydroxyl groups is 2. The van der Waals surface area contributed by atoms with Gasteiger partial charge in [0.2, 0.25) is 5.91 Å². The number of hydrogen-bond acceptors (Lipinski definition) is 3. The molecule has 0 aromatic heterocycles. The standard InChI is InChI=1S/C33H63NO3/c1-3-5-6-7-8-9-10-11-12-13-14-15-16-17-18-19-20-21-22-23-24-25-26-27-29-32(36)31(30-35)34-33(37)28-4-2/h23-24,27,29,31-32,35-36H,3-22,25-26,28,30H2,1-2H3,(H,34,37)/b24-23+,29-27+. The highest BCUT2D eigenvalue weighted by molar-refractivity contribution is 5.76. The van der Waals surface area contributed by atoms with Crippen LogP contribution in [0.3, 0.4) is 0 Å². The predicted molar refractivity (Wildman–Crippen MR) is 161 cm³/mol. The third-order valence-corrected chi connectivity index (χ3v) is 7.16. The molecule has 0 radical (unpaired) electrons. The summed E-state index contributed by atoms with van der Waals surface area (Å²) in [6.45, 7) is 3.95. The second-order valence-electron chi connectivity index (χ2n) is 10.9. The summed E-state index contributed by atoms with van der Waals surface area (Å²) >= 11 is 0. The maximum atomic E-state index is 11.6. The molecule has 4 nitrogen and oxygen atoms in total. The summed E-state index contributed by atoms with van der Waals surface area (Å²) in [6, 6.07) is -0.629. The normalized spacial score (nSPS) is 13.5. The molecule has 0 aliphatic heterocycles. The summed E-state index contributed by atoms with van der Waals surface area (Å²) in [7, 11) is 0. The second-order valence-corrected chi connectivity index (χ2v) is 10.9. The average molecular weight is 522 g/mol. The summed E-state index contributed by atoms with van der Waals surface area (Å²) in [6.07, 6.45) is 36.8. The van der Waals surface area contributed by atoms with Crippen molar-refractivity contribution >= 4 is 5.91 Å². The van der Waals surface area contributed by atoms with E-state index in [4.69, 9.17) is 0 Å². The first kappa shape index (κ1) is 35.9. The van der Waals surface area contributed by atoms with Crippen LogP contribution < -0.4 is 5.32 Å². The Balaban J connectivity index is 3.41. The molecule has 0 saturated carbocycles. The molecule has 0 heterocycles. The van der Waals surface area contributed by atoms with E-state index in [9.17, 15) is 15.0 Å².